The van der Waals surface area contributed by atoms with Gasteiger partial charge >= 0.3 is 10.1 Å². The number of aryl methyl sites for hydroxylation is 1. The first kappa shape index (κ1) is 20.8. The number of hydrazone groups is 1. The lowest BCUT2D eigenvalue weighted by atomic mass is 9.98. The molecule has 0 atom stereocenters. The highest BCUT2D eigenvalue weighted by molar-refractivity contribution is 7.87. The summed E-state index contributed by atoms with van der Waals surface area (Å²) in [5.74, 6) is 6.39. The van der Waals surface area contributed by atoms with Crippen LogP contribution in [0.25, 0.3) is 0 Å². The van der Waals surface area contributed by atoms with Crippen molar-refractivity contribution in [1.29, 1.82) is 0 Å². The van der Waals surface area contributed by atoms with Gasteiger partial charge in [-0.05, 0) is 61.6 Å². The molecule has 0 bridgehead atoms. The number of hydrogen-bond donors (Lipinski definition) is 2. The predicted octanol–water partition coefficient (Wildman–Crippen LogP) is 2.34. The van der Waals surface area contributed by atoms with Gasteiger partial charge in [0.25, 0.3) is 0 Å². The summed E-state index contributed by atoms with van der Waals surface area (Å²) in [5.41, 5.74) is 6.87. The van der Waals surface area contributed by atoms with Crippen molar-refractivity contribution in [3.8, 4) is 11.5 Å². The highest BCUT2D eigenvalue weighted by Gasteiger charge is 2.20. The normalized spacial score (nSPS) is 15.6. The molecule has 1 saturated heterocycles. The number of anilines is 1. The Hall–Kier alpha value is -2.94. The molecule has 1 aliphatic heterocycles. The summed E-state index contributed by atoms with van der Waals surface area (Å²) in [6.45, 7) is 4.18. The molecule has 1 heterocycles. The molecule has 29 heavy (non-hydrogen) atoms. The smallest absolute Gasteiger partial charge is 0.339 e. The van der Waals surface area contributed by atoms with Gasteiger partial charge in [-0.2, -0.15) is 13.5 Å². The molecule has 0 spiro atoms. The van der Waals surface area contributed by atoms with Gasteiger partial charge in [-0.3, -0.25) is 0 Å². The highest BCUT2D eigenvalue weighted by atomic mass is 32.2. The minimum Gasteiger partial charge on any atom is -0.493 e. The fourth-order valence-corrected chi connectivity index (χ4v) is 4.21. The first-order valence-corrected chi connectivity index (χ1v) is 10.8. The van der Waals surface area contributed by atoms with E-state index in [0.29, 0.717) is 24.0 Å². The lowest BCUT2D eigenvalue weighted by molar-refractivity contribution is 0.183. The quantitative estimate of drug-likeness (QED) is 0.177. The minimum absolute atomic E-state index is 0.00857. The monoisotopic (exact) mass is 418 g/mol. The van der Waals surface area contributed by atoms with Gasteiger partial charge in [0.2, 0.25) is 0 Å². The van der Waals surface area contributed by atoms with Gasteiger partial charge in [0.1, 0.15) is 22.7 Å². The second-order valence-electron chi connectivity index (χ2n) is 7.15. The SMILES string of the molecule is Cc1cc(OCC2CCN(C=NN)CC2)cc(OS(=O)(=O)c2cccc(N)c2)c1. The number of benzene rings is 2. The van der Waals surface area contributed by atoms with Gasteiger partial charge in [0.05, 0.1) is 6.61 Å². The Kier molecular flexibility index (Phi) is 6.48. The van der Waals surface area contributed by atoms with Crippen molar-refractivity contribution in [2.24, 2.45) is 16.9 Å². The molecule has 0 aliphatic carbocycles. The van der Waals surface area contributed by atoms with Crippen molar-refractivity contribution in [2.45, 2.75) is 24.7 Å². The Bertz CT molecular complexity index is 970. The van der Waals surface area contributed by atoms with Crippen molar-refractivity contribution in [3.63, 3.8) is 0 Å². The van der Waals surface area contributed by atoms with Crippen molar-refractivity contribution >= 4 is 22.1 Å². The van der Waals surface area contributed by atoms with E-state index in [1.54, 1.807) is 30.6 Å². The number of nitrogens with two attached hydrogens (primary N) is 2. The van der Waals surface area contributed by atoms with E-state index in [9.17, 15) is 8.42 Å². The first-order chi connectivity index (χ1) is 13.9. The average Bonchev–Trinajstić information content (AvgIpc) is 2.67. The maximum Gasteiger partial charge on any atom is 0.339 e. The summed E-state index contributed by atoms with van der Waals surface area (Å²) in [7, 11) is -3.98. The average molecular weight is 419 g/mol. The predicted molar refractivity (Wildman–Crippen MR) is 112 cm³/mol. The number of rotatable bonds is 7. The first-order valence-electron chi connectivity index (χ1n) is 9.37. The second-order valence-corrected chi connectivity index (χ2v) is 8.69. The van der Waals surface area contributed by atoms with Crippen molar-refractivity contribution < 1.29 is 17.3 Å². The molecule has 4 N–H and O–H groups in total. The zero-order valence-corrected chi connectivity index (χ0v) is 17.1. The van der Waals surface area contributed by atoms with Crippen LogP contribution in [0.15, 0.2) is 52.5 Å². The van der Waals surface area contributed by atoms with E-state index >= 15 is 0 Å². The van der Waals surface area contributed by atoms with Crippen molar-refractivity contribution in [2.75, 3.05) is 25.4 Å². The van der Waals surface area contributed by atoms with Crippen LogP contribution in [0.4, 0.5) is 5.69 Å². The fourth-order valence-electron chi connectivity index (χ4n) is 3.23. The standard InChI is InChI=1S/C20H26N4O4S/c1-15-9-18(27-13-16-5-7-24(8-6-16)14-23-22)12-19(10-15)28-29(25,26)20-4-2-3-17(21)11-20/h2-4,9-12,14,16H,5-8,13,21-22H2,1H3. The Labute approximate surface area is 171 Å². The maximum absolute atomic E-state index is 12.5. The van der Waals surface area contributed by atoms with Gasteiger partial charge in [-0.1, -0.05) is 6.07 Å². The third kappa shape index (κ3) is 5.77. The third-order valence-electron chi connectivity index (χ3n) is 4.74. The molecule has 0 unspecified atom stereocenters. The molecule has 9 heteroatoms. The third-order valence-corrected chi connectivity index (χ3v) is 5.99. The molecule has 156 valence electrons. The van der Waals surface area contributed by atoms with Gasteiger partial charge in [-0.15, -0.1) is 0 Å². The van der Waals surface area contributed by atoms with Gasteiger partial charge < -0.3 is 25.4 Å². The Morgan fingerprint density at radius 2 is 1.90 bits per heavy atom. The summed E-state index contributed by atoms with van der Waals surface area (Å²) >= 11 is 0. The molecule has 0 aromatic heterocycles. The number of nitrogen functional groups attached to an aromatic ring is 1. The van der Waals surface area contributed by atoms with E-state index in [1.807, 2.05) is 13.0 Å². The van der Waals surface area contributed by atoms with Crippen molar-refractivity contribution in [1.82, 2.24) is 4.90 Å². The number of piperidine rings is 1. The molecule has 3 rings (SSSR count). The van der Waals surface area contributed by atoms with Crippen LogP contribution in [0.3, 0.4) is 0 Å². The summed E-state index contributed by atoms with van der Waals surface area (Å²) in [5, 5.41) is 3.55. The molecule has 0 amide bonds. The zero-order chi connectivity index (χ0) is 20.9. The molecule has 1 fully saturated rings. The van der Waals surface area contributed by atoms with E-state index in [4.69, 9.17) is 20.5 Å². The number of nitrogens with zero attached hydrogens (tertiary/aromatic N) is 2. The lowest BCUT2D eigenvalue weighted by Crippen LogP contribution is -2.34. The molecule has 1 aliphatic rings. The molecular weight excluding hydrogens is 392 g/mol. The number of hydrogen-bond acceptors (Lipinski definition) is 7. The van der Waals surface area contributed by atoms with Crippen LogP contribution in [0, 0.1) is 12.8 Å². The van der Waals surface area contributed by atoms with Crippen LogP contribution in [0.5, 0.6) is 11.5 Å². The van der Waals surface area contributed by atoms with Gasteiger partial charge in [0, 0.05) is 24.8 Å². The van der Waals surface area contributed by atoms with Crippen LogP contribution in [-0.4, -0.2) is 39.4 Å². The van der Waals surface area contributed by atoms with Crippen LogP contribution in [-0.2, 0) is 10.1 Å². The van der Waals surface area contributed by atoms with E-state index in [1.165, 1.54) is 12.1 Å². The van der Waals surface area contributed by atoms with Crippen LogP contribution in [0.2, 0.25) is 0 Å². The molecule has 0 radical (unpaired) electrons. The molecule has 8 nitrogen and oxygen atoms in total. The van der Waals surface area contributed by atoms with Crippen molar-refractivity contribution in [3.05, 3.63) is 48.0 Å². The molecule has 0 saturated carbocycles. The van der Waals surface area contributed by atoms with E-state index in [2.05, 4.69) is 10.0 Å². The van der Waals surface area contributed by atoms with Crippen LogP contribution >= 0.6 is 0 Å². The second kappa shape index (κ2) is 9.04. The van der Waals surface area contributed by atoms with Gasteiger partial charge in [0.15, 0.2) is 0 Å². The summed E-state index contributed by atoms with van der Waals surface area (Å²) < 4.78 is 36.3. The van der Waals surface area contributed by atoms with Gasteiger partial charge in [-0.25, -0.2) is 0 Å². The van der Waals surface area contributed by atoms with Crippen LogP contribution < -0.4 is 20.5 Å². The molecule has 2 aromatic carbocycles. The largest absolute Gasteiger partial charge is 0.493 e. The lowest BCUT2D eigenvalue weighted by Gasteiger charge is -2.30. The summed E-state index contributed by atoms with van der Waals surface area (Å²) in [6.07, 6.45) is 3.61. The number of likely N-dealkylation sites (tertiary alicyclic amines) is 1. The fraction of sp³-hybridized carbons (Fsp3) is 0.350. The maximum atomic E-state index is 12.5. The van der Waals surface area contributed by atoms with E-state index in [-0.39, 0.29) is 10.6 Å². The topological polar surface area (TPSA) is 120 Å². The summed E-state index contributed by atoms with van der Waals surface area (Å²) in [6, 6.07) is 11.1. The molecule has 2 aromatic rings. The van der Waals surface area contributed by atoms with E-state index in [0.717, 1.165) is 31.5 Å². The van der Waals surface area contributed by atoms with Crippen LogP contribution in [0.1, 0.15) is 18.4 Å². The Morgan fingerprint density at radius 3 is 2.59 bits per heavy atom. The highest BCUT2D eigenvalue weighted by Crippen LogP contribution is 2.27. The number of ether oxygens (including phenoxy) is 1. The molecular formula is C20H26N4O4S. The zero-order valence-electron chi connectivity index (χ0n) is 16.3. The minimum atomic E-state index is -3.98. The Balaban J connectivity index is 1.64. The van der Waals surface area contributed by atoms with E-state index < -0.39 is 10.1 Å². The summed E-state index contributed by atoms with van der Waals surface area (Å²) in [4.78, 5) is 2.09. The Morgan fingerprint density at radius 1 is 1.17 bits per heavy atom.